The van der Waals surface area contributed by atoms with Gasteiger partial charge in [-0.25, -0.2) is 0 Å². The van der Waals surface area contributed by atoms with Gasteiger partial charge in [0.25, 0.3) is 0 Å². The van der Waals surface area contributed by atoms with Crippen LogP contribution in [0.1, 0.15) is 33.1 Å². The minimum absolute atomic E-state index is 0.650. The van der Waals surface area contributed by atoms with E-state index in [9.17, 15) is 4.21 Å². The lowest BCUT2D eigenvalue weighted by molar-refractivity contribution is 0.242. The van der Waals surface area contributed by atoms with Gasteiger partial charge < -0.3 is 5.32 Å². The molecule has 0 aliphatic heterocycles. The lowest BCUT2D eigenvalue weighted by Gasteiger charge is -2.32. The van der Waals surface area contributed by atoms with Gasteiger partial charge in [-0.2, -0.15) is 0 Å². The third-order valence-corrected chi connectivity index (χ3v) is 3.78. The molecule has 1 fully saturated rings. The van der Waals surface area contributed by atoms with Gasteiger partial charge in [-0.3, -0.25) is 4.21 Å². The highest BCUT2D eigenvalue weighted by Crippen LogP contribution is 2.28. The summed E-state index contributed by atoms with van der Waals surface area (Å²) in [7, 11) is -0.650. The van der Waals surface area contributed by atoms with Crippen LogP contribution in [0.5, 0.6) is 0 Å². The highest BCUT2D eigenvalue weighted by Gasteiger charge is 2.23. The molecule has 1 saturated carbocycles. The van der Waals surface area contributed by atoms with Crippen molar-refractivity contribution in [3.63, 3.8) is 0 Å². The third-order valence-electron chi connectivity index (χ3n) is 3.00. The standard InChI is InChI=1S/C11H23NOS/c1-9-6-10(2)8-11(7-9)12-4-5-14(3)13/h9-12H,4-8H2,1-3H3/t9-,10+,11?,14-/m0/s1. The average Bonchev–Trinajstić information content (AvgIpc) is 2.01. The van der Waals surface area contributed by atoms with E-state index in [2.05, 4.69) is 19.2 Å². The molecule has 1 rings (SSSR count). The van der Waals surface area contributed by atoms with Crippen molar-refractivity contribution in [2.24, 2.45) is 11.8 Å². The SMILES string of the molecule is C[C@@H]1CC(NCC[S@](C)=O)C[C@H](C)C1. The molecule has 2 nitrogen and oxygen atoms in total. The van der Waals surface area contributed by atoms with Crippen molar-refractivity contribution in [3.8, 4) is 0 Å². The van der Waals surface area contributed by atoms with E-state index in [4.69, 9.17) is 0 Å². The van der Waals surface area contributed by atoms with Crippen LogP contribution in [0.15, 0.2) is 0 Å². The van der Waals surface area contributed by atoms with Crippen molar-refractivity contribution in [1.82, 2.24) is 5.32 Å². The zero-order valence-corrected chi connectivity index (χ0v) is 10.4. The highest BCUT2D eigenvalue weighted by atomic mass is 32.2. The van der Waals surface area contributed by atoms with Crippen LogP contribution >= 0.6 is 0 Å². The van der Waals surface area contributed by atoms with Gasteiger partial charge in [-0.1, -0.05) is 13.8 Å². The molecule has 3 heteroatoms. The van der Waals surface area contributed by atoms with Crippen LogP contribution < -0.4 is 5.32 Å². The van der Waals surface area contributed by atoms with Crippen molar-refractivity contribution in [1.29, 1.82) is 0 Å². The Balaban J connectivity index is 2.20. The molecule has 0 heterocycles. The maximum Gasteiger partial charge on any atom is 0.0357 e. The summed E-state index contributed by atoms with van der Waals surface area (Å²) in [5.41, 5.74) is 0. The monoisotopic (exact) mass is 217 g/mol. The molecule has 0 saturated heterocycles. The first-order valence-corrected chi connectivity index (χ1v) is 7.34. The second-order valence-corrected chi connectivity index (χ2v) is 6.40. The molecule has 0 amide bonds. The Bertz CT molecular complexity index is 186. The maximum atomic E-state index is 10.9. The van der Waals surface area contributed by atoms with Crippen LogP contribution in [-0.4, -0.2) is 28.8 Å². The van der Waals surface area contributed by atoms with Crippen molar-refractivity contribution in [2.75, 3.05) is 18.6 Å². The van der Waals surface area contributed by atoms with Gasteiger partial charge in [0, 0.05) is 35.4 Å². The van der Waals surface area contributed by atoms with E-state index in [1.165, 1.54) is 19.3 Å². The molecule has 0 aromatic carbocycles. The maximum absolute atomic E-state index is 10.9. The number of hydrogen-bond donors (Lipinski definition) is 1. The molecular formula is C11H23NOS. The van der Waals surface area contributed by atoms with E-state index in [1.807, 2.05) is 0 Å². The number of rotatable bonds is 4. The van der Waals surface area contributed by atoms with Crippen LogP contribution in [0.2, 0.25) is 0 Å². The zero-order chi connectivity index (χ0) is 10.6. The Labute approximate surface area is 90.3 Å². The fraction of sp³-hybridized carbons (Fsp3) is 1.00. The molecular weight excluding hydrogens is 194 g/mol. The largest absolute Gasteiger partial charge is 0.313 e. The Morgan fingerprint density at radius 1 is 1.21 bits per heavy atom. The van der Waals surface area contributed by atoms with E-state index in [0.29, 0.717) is 6.04 Å². The van der Waals surface area contributed by atoms with Crippen LogP contribution in [0, 0.1) is 11.8 Å². The molecule has 1 aliphatic rings. The number of nitrogens with one attached hydrogen (secondary N) is 1. The van der Waals surface area contributed by atoms with E-state index in [1.54, 1.807) is 6.26 Å². The molecule has 0 bridgehead atoms. The molecule has 4 atom stereocenters. The van der Waals surface area contributed by atoms with Crippen molar-refractivity contribution in [2.45, 2.75) is 39.2 Å². The molecule has 84 valence electrons. The minimum Gasteiger partial charge on any atom is -0.313 e. The smallest absolute Gasteiger partial charge is 0.0357 e. The molecule has 0 aromatic heterocycles. The van der Waals surface area contributed by atoms with Crippen molar-refractivity contribution < 1.29 is 4.21 Å². The summed E-state index contributed by atoms with van der Waals surface area (Å²) in [6.07, 6.45) is 5.73. The van der Waals surface area contributed by atoms with Crippen LogP contribution in [0.3, 0.4) is 0 Å². The second-order valence-electron chi connectivity index (χ2n) is 4.85. The predicted molar refractivity (Wildman–Crippen MR) is 62.9 cm³/mol. The summed E-state index contributed by atoms with van der Waals surface area (Å²) in [4.78, 5) is 0. The molecule has 0 spiro atoms. The van der Waals surface area contributed by atoms with E-state index < -0.39 is 10.8 Å². The molecule has 0 aromatic rings. The fourth-order valence-electron chi connectivity index (χ4n) is 2.52. The summed E-state index contributed by atoms with van der Waals surface area (Å²) in [6, 6.07) is 0.664. The summed E-state index contributed by atoms with van der Waals surface area (Å²) in [5, 5.41) is 3.52. The molecule has 14 heavy (non-hydrogen) atoms. The van der Waals surface area contributed by atoms with Gasteiger partial charge in [0.05, 0.1) is 0 Å². The topological polar surface area (TPSA) is 29.1 Å². The third kappa shape index (κ3) is 4.56. The lowest BCUT2D eigenvalue weighted by Crippen LogP contribution is -2.38. The van der Waals surface area contributed by atoms with Gasteiger partial charge >= 0.3 is 0 Å². The second kappa shape index (κ2) is 5.86. The van der Waals surface area contributed by atoms with E-state index >= 15 is 0 Å². The Morgan fingerprint density at radius 3 is 2.29 bits per heavy atom. The fourth-order valence-corrected chi connectivity index (χ4v) is 2.93. The predicted octanol–water partition coefficient (Wildman–Crippen LogP) is 1.78. The Hall–Kier alpha value is 0.110. The molecule has 1 unspecified atom stereocenters. The van der Waals surface area contributed by atoms with Crippen LogP contribution in [-0.2, 0) is 10.8 Å². The van der Waals surface area contributed by atoms with Gasteiger partial charge in [0.2, 0.25) is 0 Å². The summed E-state index contributed by atoms with van der Waals surface area (Å²) < 4.78 is 10.9. The molecule has 1 N–H and O–H groups in total. The average molecular weight is 217 g/mol. The quantitative estimate of drug-likeness (QED) is 0.778. The van der Waals surface area contributed by atoms with Crippen LogP contribution in [0.4, 0.5) is 0 Å². The molecule has 1 aliphatic carbocycles. The molecule has 0 radical (unpaired) electrons. The van der Waals surface area contributed by atoms with Gasteiger partial charge in [-0.15, -0.1) is 0 Å². The van der Waals surface area contributed by atoms with Gasteiger partial charge in [-0.05, 0) is 31.1 Å². The Kier molecular flexibility index (Phi) is 5.10. The van der Waals surface area contributed by atoms with E-state index in [0.717, 1.165) is 24.1 Å². The first kappa shape index (κ1) is 12.2. The van der Waals surface area contributed by atoms with Crippen molar-refractivity contribution in [3.05, 3.63) is 0 Å². The summed E-state index contributed by atoms with van der Waals surface area (Å²) in [5.74, 6) is 2.49. The Morgan fingerprint density at radius 2 is 1.79 bits per heavy atom. The zero-order valence-electron chi connectivity index (χ0n) is 9.58. The first-order chi connectivity index (χ1) is 6.58. The van der Waals surface area contributed by atoms with Crippen LogP contribution in [0.25, 0.3) is 0 Å². The lowest BCUT2D eigenvalue weighted by atomic mass is 9.80. The minimum atomic E-state index is -0.650. The summed E-state index contributed by atoms with van der Waals surface area (Å²) >= 11 is 0. The van der Waals surface area contributed by atoms with Gasteiger partial charge in [0.1, 0.15) is 0 Å². The van der Waals surface area contributed by atoms with E-state index in [-0.39, 0.29) is 0 Å². The highest BCUT2D eigenvalue weighted by molar-refractivity contribution is 7.84. The number of hydrogen-bond acceptors (Lipinski definition) is 2. The van der Waals surface area contributed by atoms with Gasteiger partial charge in [0.15, 0.2) is 0 Å². The van der Waals surface area contributed by atoms with Crippen molar-refractivity contribution >= 4 is 10.8 Å². The first-order valence-electron chi connectivity index (χ1n) is 5.61. The normalized spacial score (nSPS) is 35.5. The summed E-state index contributed by atoms with van der Waals surface area (Å²) in [6.45, 7) is 5.58.